The highest BCUT2D eigenvalue weighted by atomic mass is 16.5. The quantitative estimate of drug-likeness (QED) is 0.801. The smallest absolute Gasteiger partial charge is 0.318 e. The van der Waals surface area contributed by atoms with Crippen LogP contribution in [0.4, 0.5) is 4.79 Å². The van der Waals surface area contributed by atoms with Crippen molar-refractivity contribution < 1.29 is 19.4 Å². The van der Waals surface area contributed by atoms with Gasteiger partial charge in [-0.15, -0.1) is 0 Å². The summed E-state index contributed by atoms with van der Waals surface area (Å²) in [6, 6.07) is -0.309. The highest BCUT2D eigenvalue weighted by Gasteiger charge is 2.36. The molecule has 1 heterocycles. The average Bonchev–Trinajstić information content (AvgIpc) is 3.21. The summed E-state index contributed by atoms with van der Waals surface area (Å²) < 4.78 is 5.58. The van der Waals surface area contributed by atoms with Crippen molar-refractivity contribution in [3.63, 3.8) is 0 Å². The predicted molar refractivity (Wildman–Crippen MR) is 73.5 cm³/mol. The van der Waals surface area contributed by atoms with E-state index in [2.05, 4.69) is 5.32 Å². The third-order valence-corrected chi connectivity index (χ3v) is 4.09. The van der Waals surface area contributed by atoms with Crippen LogP contribution in [0, 0.1) is 5.92 Å². The van der Waals surface area contributed by atoms with Gasteiger partial charge in [0.05, 0.1) is 25.2 Å². The summed E-state index contributed by atoms with van der Waals surface area (Å²) in [5.41, 5.74) is 0. The highest BCUT2D eigenvalue weighted by Crippen LogP contribution is 2.34. The van der Waals surface area contributed by atoms with E-state index < -0.39 is 5.97 Å². The average molecular weight is 284 g/mol. The molecule has 0 spiro atoms. The van der Waals surface area contributed by atoms with E-state index >= 15 is 0 Å². The zero-order valence-electron chi connectivity index (χ0n) is 12.2. The van der Waals surface area contributed by atoms with Crippen molar-refractivity contribution in [2.24, 2.45) is 5.92 Å². The summed E-state index contributed by atoms with van der Waals surface area (Å²) in [6.07, 6.45) is 2.90. The lowest BCUT2D eigenvalue weighted by molar-refractivity contribution is -0.137. The van der Waals surface area contributed by atoms with E-state index in [9.17, 15) is 9.59 Å². The van der Waals surface area contributed by atoms with Crippen molar-refractivity contribution in [3.8, 4) is 0 Å². The van der Waals surface area contributed by atoms with Crippen molar-refractivity contribution in [2.75, 3.05) is 13.2 Å². The van der Waals surface area contributed by atoms with E-state index in [-0.39, 0.29) is 30.6 Å². The molecule has 6 nitrogen and oxygen atoms in total. The van der Waals surface area contributed by atoms with Crippen LogP contribution < -0.4 is 5.32 Å². The predicted octanol–water partition coefficient (Wildman–Crippen LogP) is 1.45. The molecule has 3 atom stereocenters. The van der Waals surface area contributed by atoms with Crippen LogP contribution in [0.1, 0.15) is 39.5 Å². The summed E-state index contributed by atoms with van der Waals surface area (Å²) in [5.74, 6) is -0.529. The molecule has 3 unspecified atom stereocenters. The van der Waals surface area contributed by atoms with Gasteiger partial charge in [-0.1, -0.05) is 6.92 Å². The Balaban J connectivity index is 1.95. The molecule has 0 aromatic carbocycles. The molecule has 1 aliphatic carbocycles. The molecule has 2 N–H and O–H groups in total. The first-order chi connectivity index (χ1) is 9.51. The number of carboxylic acid groups (broad SMARTS) is 1. The topological polar surface area (TPSA) is 78.9 Å². The van der Waals surface area contributed by atoms with Gasteiger partial charge in [-0.25, -0.2) is 4.79 Å². The number of morpholine rings is 1. The minimum atomic E-state index is -0.857. The lowest BCUT2D eigenvalue weighted by atomic mass is 10.1. The second-order valence-corrected chi connectivity index (χ2v) is 5.85. The van der Waals surface area contributed by atoms with Crippen LogP contribution in [0.3, 0.4) is 0 Å². The zero-order chi connectivity index (χ0) is 14.7. The molecule has 0 bridgehead atoms. The fourth-order valence-corrected chi connectivity index (χ4v) is 2.69. The summed E-state index contributed by atoms with van der Waals surface area (Å²) in [6.45, 7) is 5.09. The minimum absolute atomic E-state index is 0.00704. The molecule has 0 aromatic rings. The Morgan fingerprint density at radius 2 is 2.15 bits per heavy atom. The highest BCUT2D eigenvalue weighted by molar-refractivity contribution is 5.76. The maximum absolute atomic E-state index is 12.4. The van der Waals surface area contributed by atoms with Crippen LogP contribution in [0.5, 0.6) is 0 Å². The molecule has 2 rings (SSSR count). The standard InChI is InChI=1S/C14H24N2O4/c1-3-11-8-20-9(2)7-16(11)14(19)15-12(6-13(17)18)10-4-5-10/h9-12H,3-8H2,1-2H3,(H,15,19)(H,17,18). The van der Waals surface area contributed by atoms with Gasteiger partial charge in [0, 0.05) is 12.6 Å². The number of nitrogens with zero attached hydrogens (tertiary/aromatic N) is 1. The number of carbonyl (C=O) groups excluding carboxylic acids is 1. The normalized spacial score (nSPS) is 28.0. The van der Waals surface area contributed by atoms with Crippen LogP contribution in [0.15, 0.2) is 0 Å². The third kappa shape index (κ3) is 3.85. The van der Waals surface area contributed by atoms with Crippen molar-refractivity contribution in [3.05, 3.63) is 0 Å². The number of hydrogen-bond donors (Lipinski definition) is 2. The first-order valence-electron chi connectivity index (χ1n) is 7.41. The number of nitrogens with one attached hydrogen (secondary N) is 1. The van der Waals surface area contributed by atoms with Crippen molar-refractivity contribution in [2.45, 2.75) is 57.7 Å². The maximum Gasteiger partial charge on any atom is 0.318 e. The van der Waals surface area contributed by atoms with Gasteiger partial charge < -0.3 is 20.1 Å². The number of carboxylic acids is 1. The van der Waals surface area contributed by atoms with Gasteiger partial charge in [0.15, 0.2) is 0 Å². The molecule has 20 heavy (non-hydrogen) atoms. The molecule has 2 amide bonds. The third-order valence-electron chi connectivity index (χ3n) is 4.09. The molecular weight excluding hydrogens is 260 g/mol. The Morgan fingerprint density at radius 1 is 1.45 bits per heavy atom. The molecule has 6 heteroatoms. The number of aliphatic carboxylic acids is 1. The first kappa shape index (κ1) is 15.1. The number of rotatable bonds is 5. The second-order valence-electron chi connectivity index (χ2n) is 5.85. The zero-order valence-corrected chi connectivity index (χ0v) is 12.2. The molecule has 1 aliphatic heterocycles. The molecule has 2 aliphatic rings. The SMILES string of the molecule is CCC1COC(C)CN1C(=O)NC(CC(=O)O)C1CC1. The monoisotopic (exact) mass is 284 g/mol. The van der Waals surface area contributed by atoms with Gasteiger partial charge >= 0.3 is 12.0 Å². The maximum atomic E-state index is 12.4. The van der Waals surface area contributed by atoms with Gasteiger partial charge in [-0.2, -0.15) is 0 Å². The van der Waals surface area contributed by atoms with Gasteiger partial charge in [0.2, 0.25) is 0 Å². The molecular formula is C14H24N2O4. The van der Waals surface area contributed by atoms with Gasteiger partial charge in [-0.05, 0) is 32.1 Å². The Bertz CT molecular complexity index is 370. The minimum Gasteiger partial charge on any atom is -0.481 e. The summed E-state index contributed by atoms with van der Waals surface area (Å²) >= 11 is 0. The Morgan fingerprint density at radius 3 is 2.70 bits per heavy atom. The van der Waals surface area contributed by atoms with E-state index in [1.807, 2.05) is 13.8 Å². The van der Waals surface area contributed by atoms with Gasteiger partial charge in [-0.3, -0.25) is 4.79 Å². The number of ether oxygens (including phenoxy) is 1. The summed E-state index contributed by atoms with van der Waals surface area (Å²) in [7, 11) is 0. The Labute approximate surface area is 119 Å². The lowest BCUT2D eigenvalue weighted by Gasteiger charge is -2.39. The van der Waals surface area contributed by atoms with E-state index in [1.165, 1.54) is 0 Å². The molecule has 2 fully saturated rings. The second kappa shape index (κ2) is 6.43. The number of amides is 2. The van der Waals surface area contributed by atoms with E-state index in [0.29, 0.717) is 19.1 Å². The number of urea groups is 1. The van der Waals surface area contributed by atoms with Crippen LogP contribution in [-0.4, -0.2) is 53.3 Å². The van der Waals surface area contributed by atoms with E-state index in [0.717, 1.165) is 19.3 Å². The van der Waals surface area contributed by atoms with Crippen molar-refractivity contribution in [1.82, 2.24) is 10.2 Å². The molecule has 1 saturated carbocycles. The summed E-state index contributed by atoms with van der Waals surface area (Å²) in [5, 5.41) is 11.9. The molecule has 1 saturated heterocycles. The van der Waals surface area contributed by atoms with E-state index in [4.69, 9.17) is 9.84 Å². The number of hydrogen-bond acceptors (Lipinski definition) is 3. The van der Waals surface area contributed by atoms with Crippen LogP contribution in [0.2, 0.25) is 0 Å². The fraction of sp³-hybridized carbons (Fsp3) is 0.857. The van der Waals surface area contributed by atoms with Gasteiger partial charge in [0.25, 0.3) is 0 Å². The van der Waals surface area contributed by atoms with Crippen molar-refractivity contribution >= 4 is 12.0 Å². The summed E-state index contributed by atoms with van der Waals surface area (Å²) in [4.78, 5) is 25.1. The van der Waals surface area contributed by atoms with Crippen LogP contribution in [-0.2, 0) is 9.53 Å². The Hall–Kier alpha value is -1.30. The molecule has 114 valence electrons. The molecule has 0 radical (unpaired) electrons. The fourth-order valence-electron chi connectivity index (χ4n) is 2.69. The first-order valence-corrected chi connectivity index (χ1v) is 7.41. The van der Waals surface area contributed by atoms with Gasteiger partial charge in [0.1, 0.15) is 0 Å². The van der Waals surface area contributed by atoms with Crippen LogP contribution in [0.25, 0.3) is 0 Å². The number of carbonyl (C=O) groups is 2. The molecule has 0 aromatic heterocycles. The lowest BCUT2D eigenvalue weighted by Crippen LogP contribution is -2.56. The van der Waals surface area contributed by atoms with E-state index in [1.54, 1.807) is 4.90 Å². The van der Waals surface area contributed by atoms with Crippen molar-refractivity contribution in [1.29, 1.82) is 0 Å². The Kier molecular flexibility index (Phi) is 4.86. The largest absolute Gasteiger partial charge is 0.481 e. The van der Waals surface area contributed by atoms with Crippen LogP contribution >= 0.6 is 0 Å².